The largest absolute Gasteiger partial charge is 0.464 e. The third-order valence-electron chi connectivity index (χ3n) is 5.99. The molecule has 194 valence electrons. The molecule has 2 N–H and O–H groups in total. The highest BCUT2D eigenvalue weighted by Crippen LogP contribution is 2.34. The predicted octanol–water partition coefficient (Wildman–Crippen LogP) is 5.00. The van der Waals surface area contributed by atoms with Crippen molar-refractivity contribution in [2.45, 2.75) is 18.2 Å². The normalized spacial score (nSPS) is 11.8. The number of hydrazine groups is 1. The van der Waals surface area contributed by atoms with Gasteiger partial charge in [0.05, 0.1) is 23.3 Å². The number of aryl methyl sites for hydroxylation is 1. The number of benzene rings is 3. The number of sulfonamides is 1. The summed E-state index contributed by atoms with van der Waals surface area (Å²) in [7, 11) is -4.64. The number of nitrogens with one attached hydrogen (secondary N) is 2. The number of carbonyl (C=O) groups is 1. The average molecular weight is 559 g/mol. The number of rotatable bonds is 6. The van der Waals surface area contributed by atoms with Crippen LogP contribution in [0.5, 0.6) is 0 Å². The second kappa shape index (κ2) is 9.67. The van der Waals surface area contributed by atoms with E-state index in [0.29, 0.717) is 28.7 Å². The molecule has 2 heterocycles. The van der Waals surface area contributed by atoms with Gasteiger partial charge in [-0.1, -0.05) is 41.9 Å². The topological polar surface area (TPSA) is 119 Å². The molecule has 3 aromatic carbocycles. The molecular formula is C26H17ClF2N2O6S. The number of furan rings is 1. The standard InChI is InChI=1S/C26H17ClF2N2O6S/c1-13-15-7-17-18(14-5-3-2-4-6-14)12-36-22(17)11-23(15)37-26(33)16(13)8-25(32)30-31-38(34,35)24-9-19(27)20(28)10-21(24)29/h2-7,9-12,31H,8H2,1H3,(H,30,32). The summed E-state index contributed by atoms with van der Waals surface area (Å²) in [5, 5.41) is 0.704. The van der Waals surface area contributed by atoms with E-state index in [4.69, 9.17) is 20.4 Å². The molecule has 12 heteroatoms. The lowest BCUT2D eigenvalue weighted by Crippen LogP contribution is -2.43. The number of hydrogen-bond acceptors (Lipinski definition) is 6. The van der Waals surface area contributed by atoms with Crippen molar-refractivity contribution in [2.75, 3.05) is 0 Å². The third-order valence-corrected chi connectivity index (χ3v) is 7.55. The molecule has 8 nitrogen and oxygen atoms in total. The maximum atomic E-state index is 14.0. The van der Waals surface area contributed by atoms with E-state index in [1.54, 1.807) is 30.2 Å². The maximum Gasteiger partial charge on any atom is 0.340 e. The summed E-state index contributed by atoms with van der Waals surface area (Å²) < 4.78 is 63.2. The molecule has 1 amide bonds. The Morgan fingerprint density at radius 1 is 1.00 bits per heavy atom. The summed E-state index contributed by atoms with van der Waals surface area (Å²) in [6, 6.07) is 13.8. The molecule has 0 aliphatic carbocycles. The van der Waals surface area contributed by atoms with Gasteiger partial charge in [0.25, 0.3) is 10.0 Å². The lowest BCUT2D eigenvalue weighted by molar-refractivity contribution is -0.120. The fourth-order valence-corrected chi connectivity index (χ4v) is 5.22. The molecule has 0 atom stereocenters. The van der Waals surface area contributed by atoms with Crippen LogP contribution in [0.25, 0.3) is 33.1 Å². The van der Waals surface area contributed by atoms with Gasteiger partial charge in [-0.15, -0.1) is 4.83 Å². The van der Waals surface area contributed by atoms with E-state index in [1.807, 2.05) is 35.8 Å². The number of fused-ring (bicyclic) bond motifs is 2. The molecular weight excluding hydrogens is 542 g/mol. The molecule has 0 saturated heterocycles. The van der Waals surface area contributed by atoms with Gasteiger partial charge in [-0.3, -0.25) is 10.2 Å². The van der Waals surface area contributed by atoms with Gasteiger partial charge in [-0.05, 0) is 30.2 Å². The molecule has 5 rings (SSSR count). The summed E-state index contributed by atoms with van der Waals surface area (Å²) in [5.74, 6) is -3.47. The Hall–Kier alpha value is -4.06. The summed E-state index contributed by atoms with van der Waals surface area (Å²) in [6.07, 6.45) is 1.05. The van der Waals surface area contributed by atoms with Crippen molar-refractivity contribution >= 4 is 49.5 Å². The van der Waals surface area contributed by atoms with Crippen molar-refractivity contribution in [3.63, 3.8) is 0 Å². The van der Waals surface area contributed by atoms with E-state index in [1.165, 1.54) is 0 Å². The van der Waals surface area contributed by atoms with Crippen molar-refractivity contribution in [2.24, 2.45) is 0 Å². The lowest BCUT2D eigenvalue weighted by Gasteiger charge is -2.11. The number of halogens is 3. The first-order valence-corrected chi connectivity index (χ1v) is 12.9. The van der Waals surface area contributed by atoms with Crippen LogP contribution in [-0.2, 0) is 21.2 Å². The van der Waals surface area contributed by atoms with Gasteiger partial charge in [0.1, 0.15) is 27.7 Å². The molecule has 0 bridgehead atoms. The van der Waals surface area contributed by atoms with Crippen LogP contribution < -0.4 is 15.9 Å². The van der Waals surface area contributed by atoms with Crippen LogP contribution in [0.15, 0.2) is 79.4 Å². The summed E-state index contributed by atoms with van der Waals surface area (Å²) >= 11 is 5.55. The predicted molar refractivity (Wildman–Crippen MR) is 136 cm³/mol. The first-order valence-electron chi connectivity index (χ1n) is 11.0. The van der Waals surface area contributed by atoms with E-state index in [0.717, 1.165) is 16.5 Å². The van der Waals surface area contributed by atoms with Crippen LogP contribution in [0, 0.1) is 18.6 Å². The molecule has 0 fully saturated rings. The van der Waals surface area contributed by atoms with Gasteiger partial charge in [0, 0.05) is 28.5 Å². The fraction of sp³-hybridized carbons (Fsp3) is 0.0769. The highest BCUT2D eigenvalue weighted by molar-refractivity contribution is 7.89. The number of hydrogen-bond donors (Lipinski definition) is 2. The van der Waals surface area contributed by atoms with Crippen LogP contribution >= 0.6 is 11.6 Å². The highest BCUT2D eigenvalue weighted by Gasteiger charge is 2.23. The quantitative estimate of drug-likeness (QED) is 0.172. The van der Waals surface area contributed by atoms with Gasteiger partial charge in [0.15, 0.2) is 0 Å². The molecule has 0 radical (unpaired) electrons. The van der Waals surface area contributed by atoms with E-state index in [2.05, 4.69) is 0 Å². The minimum Gasteiger partial charge on any atom is -0.464 e. The maximum absolute atomic E-state index is 14.0. The smallest absolute Gasteiger partial charge is 0.340 e. The molecule has 0 unspecified atom stereocenters. The Bertz CT molecular complexity index is 1900. The second-order valence-electron chi connectivity index (χ2n) is 8.38. The van der Waals surface area contributed by atoms with Crippen LogP contribution in [-0.4, -0.2) is 14.3 Å². The van der Waals surface area contributed by atoms with Gasteiger partial charge in [0.2, 0.25) is 5.91 Å². The fourth-order valence-electron chi connectivity index (χ4n) is 4.05. The van der Waals surface area contributed by atoms with E-state index >= 15 is 0 Å². The molecule has 0 spiro atoms. The van der Waals surface area contributed by atoms with E-state index in [-0.39, 0.29) is 11.1 Å². The Morgan fingerprint density at radius 3 is 2.47 bits per heavy atom. The molecule has 38 heavy (non-hydrogen) atoms. The van der Waals surface area contributed by atoms with Gasteiger partial charge < -0.3 is 8.83 Å². The molecule has 2 aromatic heterocycles. The number of amides is 1. The molecule has 5 aromatic rings. The minimum absolute atomic E-state index is 0.00527. The summed E-state index contributed by atoms with van der Waals surface area (Å²) in [6.45, 7) is 1.63. The van der Waals surface area contributed by atoms with Crippen molar-refractivity contribution in [1.29, 1.82) is 0 Å². The van der Waals surface area contributed by atoms with Crippen molar-refractivity contribution in [1.82, 2.24) is 10.3 Å². The summed E-state index contributed by atoms with van der Waals surface area (Å²) in [5.41, 5.74) is 4.08. The van der Waals surface area contributed by atoms with Crippen LogP contribution in [0.4, 0.5) is 8.78 Å². The Morgan fingerprint density at radius 2 is 1.74 bits per heavy atom. The first-order chi connectivity index (χ1) is 18.0. The third kappa shape index (κ3) is 4.67. The van der Waals surface area contributed by atoms with Gasteiger partial charge >= 0.3 is 5.63 Å². The zero-order valence-electron chi connectivity index (χ0n) is 19.5. The van der Waals surface area contributed by atoms with Crippen molar-refractivity contribution < 1.29 is 30.8 Å². The van der Waals surface area contributed by atoms with Crippen molar-refractivity contribution in [3.05, 3.63) is 99.1 Å². The SMILES string of the molecule is Cc1c(CC(=O)NNS(=O)(=O)c2cc(Cl)c(F)cc2F)c(=O)oc2cc3occ(-c4ccccc4)c3cc12. The molecule has 0 saturated carbocycles. The van der Waals surface area contributed by atoms with Crippen molar-refractivity contribution in [3.8, 4) is 11.1 Å². The second-order valence-corrected chi connectivity index (χ2v) is 10.4. The van der Waals surface area contributed by atoms with Gasteiger partial charge in [-0.25, -0.2) is 22.0 Å². The Labute approximate surface area is 218 Å². The Kier molecular flexibility index (Phi) is 6.51. The average Bonchev–Trinajstić information content (AvgIpc) is 3.30. The zero-order chi connectivity index (χ0) is 27.2. The van der Waals surface area contributed by atoms with E-state index < -0.39 is 49.5 Å². The minimum atomic E-state index is -4.64. The van der Waals surface area contributed by atoms with E-state index in [9.17, 15) is 26.8 Å². The Balaban J connectivity index is 1.43. The van der Waals surface area contributed by atoms with Crippen LogP contribution in [0.2, 0.25) is 5.02 Å². The van der Waals surface area contributed by atoms with Gasteiger partial charge in [-0.2, -0.15) is 0 Å². The highest BCUT2D eigenvalue weighted by atomic mass is 35.5. The first kappa shape index (κ1) is 25.6. The van der Waals surface area contributed by atoms with Crippen LogP contribution in [0.1, 0.15) is 11.1 Å². The lowest BCUT2D eigenvalue weighted by atomic mass is 9.99. The summed E-state index contributed by atoms with van der Waals surface area (Å²) in [4.78, 5) is 26.0. The molecule has 0 aliphatic heterocycles. The monoisotopic (exact) mass is 558 g/mol. The van der Waals surface area contributed by atoms with Crippen LogP contribution in [0.3, 0.4) is 0 Å². The zero-order valence-corrected chi connectivity index (χ0v) is 21.0. The molecule has 0 aliphatic rings. The number of carbonyl (C=O) groups excluding carboxylic acids is 1.